The van der Waals surface area contributed by atoms with Gasteiger partial charge in [0, 0.05) is 24.3 Å². The summed E-state index contributed by atoms with van der Waals surface area (Å²) < 4.78 is 2.15. The third kappa shape index (κ3) is 2.46. The quantitative estimate of drug-likeness (QED) is 0.782. The first-order chi connectivity index (χ1) is 9.79. The topological polar surface area (TPSA) is 42.2 Å². The highest BCUT2D eigenvalue weighted by atomic mass is 32.1. The van der Waals surface area contributed by atoms with E-state index >= 15 is 0 Å². The molecule has 0 saturated carbocycles. The summed E-state index contributed by atoms with van der Waals surface area (Å²) in [6, 6.07) is 6.40. The molecule has 0 aliphatic carbocycles. The highest BCUT2D eigenvalue weighted by Crippen LogP contribution is 2.20. The number of nitrogens with one attached hydrogen (secondary N) is 1. The van der Waals surface area contributed by atoms with E-state index in [1.54, 1.807) is 11.3 Å². The van der Waals surface area contributed by atoms with Crippen molar-refractivity contribution < 1.29 is 0 Å². The Morgan fingerprint density at radius 2 is 2.30 bits per heavy atom. The number of imidazole rings is 1. The number of nitrogens with zero attached hydrogens (tertiary/aromatic N) is 3. The molecule has 1 N–H and O–H groups in total. The van der Waals surface area contributed by atoms with Gasteiger partial charge < -0.3 is 9.72 Å². The minimum Gasteiger partial charge on any atom is -0.302 e. The Balaban J connectivity index is 1.81. The van der Waals surface area contributed by atoms with Crippen molar-refractivity contribution in [2.75, 3.05) is 0 Å². The average molecular weight is 286 g/mol. The van der Waals surface area contributed by atoms with Crippen LogP contribution in [0.5, 0.6) is 0 Å². The van der Waals surface area contributed by atoms with Gasteiger partial charge in [0.05, 0.1) is 17.4 Å². The van der Waals surface area contributed by atoms with Gasteiger partial charge in [-0.2, -0.15) is 0 Å². The van der Waals surface area contributed by atoms with Gasteiger partial charge in [0.1, 0.15) is 10.7 Å². The van der Waals surface area contributed by atoms with Gasteiger partial charge in [-0.1, -0.05) is 13.0 Å². The first-order valence-electron chi connectivity index (χ1n) is 6.85. The van der Waals surface area contributed by atoms with Gasteiger partial charge in [-0.25, -0.2) is 9.97 Å². The molecule has 0 spiro atoms. The number of fused-ring (bicyclic) bond motifs is 1. The van der Waals surface area contributed by atoms with Crippen molar-refractivity contribution in [3.63, 3.8) is 0 Å². The maximum atomic E-state index is 4.59. The lowest BCUT2D eigenvalue weighted by Gasteiger charge is -2.14. The maximum Gasteiger partial charge on any atom is 0.137 e. The molecule has 5 heteroatoms. The Morgan fingerprint density at radius 1 is 1.40 bits per heavy atom. The molecular weight excluding hydrogens is 268 g/mol. The van der Waals surface area contributed by atoms with Crippen LogP contribution in [0.15, 0.2) is 36.0 Å². The Kier molecular flexibility index (Phi) is 3.80. The van der Waals surface area contributed by atoms with Gasteiger partial charge in [-0.15, -0.1) is 11.3 Å². The zero-order valence-electron chi connectivity index (χ0n) is 11.7. The first kappa shape index (κ1) is 13.3. The Bertz CT molecular complexity index is 687. The molecule has 3 heterocycles. The predicted molar refractivity (Wildman–Crippen MR) is 81.9 cm³/mol. The van der Waals surface area contributed by atoms with Crippen molar-refractivity contribution in [3.8, 4) is 0 Å². The third-order valence-electron chi connectivity index (χ3n) is 3.50. The third-order valence-corrected chi connectivity index (χ3v) is 4.39. The van der Waals surface area contributed by atoms with Crippen molar-refractivity contribution in [1.29, 1.82) is 0 Å². The minimum absolute atomic E-state index is 0.309. The number of thiazole rings is 1. The van der Waals surface area contributed by atoms with E-state index in [9.17, 15) is 0 Å². The van der Waals surface area contributed by atoms with E-state index in [-0.39, 0.29) is 0 Å². The van der Waals surface area contributed by atoms with Crippen molar-refractivity contribution in [2.45, 2.75) is 32.9 Å². The van der Waals surface area contributed by atoms with Crippen LogP contribution in [-0.2, 0) is 6.54 Å². The molecule has 3 aromatic rings. The molecule has 0 fully saturated rings. The largest absolute Gasteiger partial charge is 0.302 e. The summed E-state index contributed by atoms with van der Waals surface area (Å²) in [6.07, 6.45) is 4.96. The number of pyridine rings is 1. The lowest BCUT2D eigenvalue weighted by atomic mass is 10.2. The van der Waals surface area contributed by atoms with Gasteiger partial charge in [0.2, 0.25) is 0 Å². The molecule has 104 valence electrons. The Hall–Kier alpha value is -1.72. The van der Waals surface area contributed by atoms with Gasteiger partial charge in [0.25, 0.3) is 0 Å². The van der Waals surface area contributed by atoms with Crippen LogP contribution < -0.4 is 5.32 Å². The summed E-state index contributed by atoms with van der Waals surface area (Å²) >= 11 is 1.70. The van der Waals surface area contributed by atoms with Gasteiger partial charge in [-0.3, -0.25) is 0 Å². The normalized spacial score (nSPS) is 12.9. The highest BCUT2D eigenvalue weighted by Gasteiger charge is 2.14. The van der Waals surface area contributed by atoms with E-state index in [1.165, 1.54) is 5.69 Å². The van der Waals surface area contributed by atoms with Gasteiger partial charge in [0.15, 0.2) is 0 Å². The fourth-order valence-corrected chi connectivity index (χ4v) is 3.21. The predicted octanol–water partition coefficient (Wildman–Crippen LogP) is 3.34. The van der Waals surface area contributed by atoms with Crippen LogP contribution in [0.25, 0.3) is 5.65 Å². The summed E-state index contributed by atoms with van der Waals surface area (Å²) in [5, 5.41) is 6.77. The molecule has 1 atom stereocenters. The first-order valence-corrected chi connectivity index (χ1v) is 7.73. The van der Waals surface area contributed by atoms with E-state index in [4.69, 9.17) is 0 Å². The molecule has 0 bridgehead atoms. The van der Waals surface area contributed by atoms with Crippen LogP contribution in [0, 0.1) is 6.92 Å². The number of aryl methyl sites for hydroxylation is 1. The van der Waals surface area contributed by atoms with Crippen LogP contribution in [-0.4, -0.2) is 14.4 Å². The van der Waals surface area contributed by atoms with Crippen molar-refractivity contribution in [2.24, 2.45) is 0 Å². The Labute approximate surface area is 122 Å². The van der Waals surface area contributed by atoms with Crippen molar-refractivity contribution >= 4 is 17.0 Å². The lowest BCUT2D eigenvalue weighted by Crippen LogP contribution is -2.21. The number of hydrogen-bond acceptors (Lipinski definition) is 4. The van der Waals surface area contributed by atoms with Crippen LogP contribution in [0.2, 0.25) is 0 Å². The SMILES string of the molecule is CCC(NCc1c(C)nc2ccccn12)c1nccs1. The maximum absolute atomic E-state index is 4.59. The summed E-state index contributed by atoms with van der Waals surface area (Å²) in [6.45, 7) is 5.05. The van der Waals surface area contributed by atoms with Crippen molar-refractivity contribution in [3.05, 3.63) is 52.4 Å². The zero-order chi connectivity index (χ0) is 13.9. The summed E-state index contributed by atoms with van der Waals surface area (Å²) in [4.78, 5) is 9.00. The van der Waals surface area contributed by atoms with Crippen LogP contribution in [0.3, 0.4) is 0 Å². The number of rotatable bonds is 5. The summed E-state index contributed by atoms with van der Waals surface area (Å²) in [7, 11) is 0. The molecule has 0 aliphatic rings. The van der Waals surface area contributed by atoms with Crippen LogP contribution in [0.1, 0.15) is 35.8 Å². The zero-order valence-corrected chi connectivity index (χ0v) is 12.5. The lowest BCUT2D eigenvalue weighted by molar-refractivity contribution is 0.510. The molecule has 0 amide bonds. The second-order valence-electron chi connectivity index (χ2n) is 4.78. The standard InChI is InChI=1S/C15H18N4S/c1-3-12(15-16-7-9-20-15)17-10-13-11(2)18-14-6-4-5-8-19(13)14/h4-9,12,17H,3,10H2,1-2H3. The smallest absolute Gasteiger partial charge is 0.137 e. The fourth-order valence-electron chi connectivity index (χ4n) is 2.41. The molecule has 0 saturated heterocycles. The molecule has 4 nitrogen and oxygen atoms in total. The molecule has 0 aromatic carbocycles. The fraction of sp³-hybridized carbons (Fsp3) is 0.333. The Morgan fingerprint density at radius 3 is 3.05 bits per heavy atom. The monoisotopic (exact) mass is 286 g/mol. The highest BCUT2D eigenvalue weighted by molar-refractivity contribution is 7.09. The molecule has 3 rings (SSSR count). The van der Waals surface area contributed by atoms with E-state index in [2.05, 4.69) is 39.7 Å². The van der Waals surface area contributed by atoms with Crippen molar-refractivity contribution in [1.82, 2.24) is 19.7 Å². The second-order valence-corrected chi connectivity index (χ2v) is 5.71. The van der Waals surface area contributed by atoms with Crippen LogP contribution in [0.4, 0.5) is 0 Å². The van der Waals surface area contributed by atoms with E-state index in [1.807, 2.05) is 29.8 Å². The number of aromatic nitrogens is 3. The minimum atomic E-state index is 0.309. The number of hydrogen-bond donors (Lipinski definition) is 1. The molecule has 0 aliphatic heterocycles. The molecule has 3 aromatic heterocycles. The van der Waals surface area contributed by atoms with Crippen LogP contribution >= 0.6 is 11.3 Å². The van der Waals surface area contributed by atoms with E-state index < -0.39 is 0 Å². The van der Waals surface area contributed by atoms with E-state index in [0.29, 0.717) is 6.04 Å². The molecule has 20 heavy (non-hydrogen) atoms. The second kappa shape index (κ2) is 5.73. The van der Waals surface area contributed by atoms with E-state index in [0.717, 1.165) is 29.3 Å². The van der Waals surface area contributed by atoms with Gasteiger partial charge >= 0.3 is 0 Å². The summed E-state index contributed by atoms with van der Waals surface area (Å²) in [5.41, 5.74) is 3.30. The van der Waals surface area contributed by atoms with Gasteiger partial charge in [-0.05, 0) is 25.5 Å². The summed E-state index contributed by atoms with van der Waals surface area (Å²) in [5.74, 6) is 0. The average Bonchev–Trinajstić information content (AvgIpc) is 3.08. The molecule has 1 unspecified atom stereocenters. The molecular formula is C15H18N4S. The molecule has 0 radical (unpaired) electrons.